The summed E-state index contributed by atoms with van der Waals surface area (Å²) in [7, 11) is 0. The van der Waals surface area contributed by atoms with Crippen LogP contribution in [-0.4, -0.2) is 10.1 Å². The molecule has 16 heavy (non-hydrogen) atoms. The highest BCUT2D eigenvalue weighted by molar-refractivity contribution is 5.26. The number of hydrogen-bond acceptors (Lipinski definition) is 4. The molecule has 0 bridgehead atoms. The van der Waals surface area contributed by atoms with E-state index in [-0.39, 0.29) is 5.75 Å². The number of nitrogens with zero attached hydrogens (tertiary/aromatic N) is 1. The van der Waals surface area contributed by atoms with Gasteiger partial charge in [-0.25, -0.2) is 4.98 Å². The molecule has 1 heterocycles. The Balaban J connectivity index is 1.84. The zero-order chi connectivity index (χ0) is 11.4. The Bertz CT molecular complexity index is 466. The second kappa shape index (κ2) is 4.81. The summed E-state index contributed by atoms with van der Waals surface area (Å²) in [6, 6.07) is 7.16. The molecule has 2 aromatic rings. The maximum Gasteiger partial charge on any atom is 0.208 e. The average Bonchev–Trinajstić information content (AvgIpc) is 2.64. The monoisotopic (exact) mass is 218 g/mol. The molecule has 0 spiro atoms. The Morgan fingerprint density at radius 3 is 2.94 bits per heavy atom. The van der Waals surface area contributed by atoms with Crippen molar-refractivity contribution in [2.45, 2.75) is 20.0 Å². The lowest BCUT2D eigenvalue weighted by molar-refractivity contribution is 0.448. The van der Waals surface area contributed by atoms with Crippen molar-refractivity contribution in [3.63, 3.8) is 0 Å². The molecule has 0 amide bonds. The summed E-state index contributed by atoms with van der Waals surface area (Å²) in [6.07, 6.45) is 1.70. The molecule has 0 atom stereocenters. The molecule has 0 fully saturated rings. The number of hydrogen-bond donors (Lipinski definition) is 2. The summed E-state index contributed by atoms with van der Waals surface area (Å²) >= 11 is 0. The van der Waals surface area contributed by atoms with Crippen LogP contribution in [0.2, 0.25) is 0 Å². The largest absolute Gasteiger partial charge is 0.508 e. The first-order chi connectivity index (χ1) is 7.74. The average molecular weight is 218 g/mol. The minimum absolute atomic E-state index is 0.284. The maximum absolute atomic E-state index is 9.27. The molecule has 1 aromatic heterocycles. The summed E-state index contributed by atoms with van der Waals surface area (Å²) < 4.78 is 5.32. The quantitative estimate of drug-likeness (QED) is 0.823. The zero-order valence-corrected chi connectivity index (χ0v) is 9.10. The van der Waals surface area contributed by atoms with Gasteiger partial charge in [0, 0.05) is 6.54 Å². The Kier molecular flexibility index (Phi) is 3.22. The van der Waals surface area contributed by atoms with E-state index in [0.717, 1.165) is 11.3 Å². The topological polar surface area (TPSA) is 58.3 Å². The first kappa shape index (κ1) is 10.7. The summed E-state index contributed by atoms with van der Waals surface area (Å²) in [4.78, 5) is 4.09. The second-order valence-corrected chi connectivity index (χ2v) is 3.64. The van der Waals surface area contributed by atoms with Crippen LogP contribution < -0.4 is 5.32 Å². The number of benzene rings is 1. The molecule has 0 unspecified atom stereocenters. The SMILES string of the molecule is Cc1cnc(CNCc2cccc(O)c2)o1. The minimum atomic E-state index is 0.284. The molecule has 0 aliphatic carbocycles. The Morgan fingerprint density at radius 1 is 1.38 bits per heavy atom. The number of phenolic OH excluding ortho intramolecular Hbond substituents is 1. The standard InChI is InChI=1S/C12H14N2O2/c1-9-6-14-12(16-9)8-13-7-10-3-2-4-11(15)5-10/h2-6,13,15H,7-8H2,1H3. The molecular weight excluding hydrogens is 204 g/mol. The first-order valence-corrected chi connectivity index (χ1v) is 5.14. The molecular formula is C12H14N2O2. The predicted molar refractivity (Wildman–Crippen MR) is 59.9 cm³/mol. The summed E-state index contributed by atoms with van der Waals surface area (Å²) in [6.45, 7) is 3.13. The second-order valence-electron chi connectivity index (χ2n) is 3.64. The van der Waals surface area contributed by atoms with Crippen LogP contribution in [-0.2, 0) is 13.1 Å². The summed E-state index contributed by atoms with van der Waals surface area (Å²) in [5.41, 5.74) is 1.03. The van der Waals surface area contributed by atoms with Crippen molar-refractivity contribution < 1.29 is 9.52 Å². The summed E-state index contributed by atoms with van der Waals surface area (Å²) in [5.74, 6) is 1.78. The normalized spacial score (nSPS) is 10.6. The first-order valence-electron chi connectivity index (χ1n) is 5.14. The van der Waals surface area contributed by atoms with Crippen molar-refractivity contribution in [3.8, 4) is 5.75 Å². The highest BCUT2D eigenvalue weighted by Crippen LogP contribution is 2.10. The van der Waals surface area contributed by atoms with Crippen LogP contribution in [0.15, 0.2) is 34.9 Å². The number of phenols is 1. The van der Waals surface area contributed by atoms with Crippen LogP contribution >= 0.6 is 0 Å². The van der Waals surface area contributed by atoms with Gasteiger partial charge in [0.25, 0.3) is 0 Å². The molecule has 4 nitrogen and oxygen atoms in total. The van der Waals surface area contributed by atoms with Gasteiger partial charge in [-0.15, -0.1) is 0 Å². The summed E-state index contributed by atoms with van der Waals surface area (Å²) in [5, 5.41) is 12.5. The van der Waals surface area contributed by atoms with Crippen molar-refractivity contribution in [1.29, 1.82) is 0 Å². The van der Waals surface area contributed by atoms with Crippen LogP contribution in [0, 0.1) is 6.92 Å². The molecule has 2 N–H and O–H groups in total. The van der Waals surface area contributed by atoms with Crippen LogP contribution in [0.4, 0.5) is 0 Å². The smallest absolute Gasteiger partial charge is 0.208 e. The number of aromatic nitrogens is 1. The lowest BCUT2D eigenvalue weighted by Crippen LogP contribution is -2.12. The highest BCUT2D eigenvalue weighted by Gasteiger charge is 2.00. The van der Waals surface area contributed by atoms with Crippen molar-refractivity contribution in [3.05, 3.63) is 47.7 Å². The van der Waals surface area contributed by atoms with Gasteiger partial charge in [-0.05, 0) is 24.6 Å². The van der Waals surface area contributed by atoms with Crippen molar-refractivity contribution in [1.82, 2.24) is 10.3 Å². The number of rotatable bonds is 4. The van der Waals surface area contributed by atoms with Gasteiger partial charge in [-0.2, -0.15) is 0 Å². The fourth-order valence-corrected chi connectivity index (χ4v) is 1.46. The van der Waals surface area contributed by atoms with Crippen molar-refractivity contribution in [2.75, 3.05) is 0 Å². The highest BCUT2D eigenvalue weighted by atomic mass is 16.4. The number of oxazole rings is 1. The van der Waals surface area contributed by atoms with E-state index in [9.17, 15) is 5.11 Å². The van der Waals surface area contributed by atoms with Crippen LogP contribution in [0.25, 0.3) is 0 Å². The van der Waals surface area contributed by atoms with E-state index in [1.807, 2.05) is 19.1 Å². The van der Waals surface area contributed by atoms with E-state index >= 15 is 0 Å². The molecule has 0 aliphatic rings. The molecule has 0 radical (unpaired) electrons. The Hall–Kier alpha value is -1.81. The lowest BCUT2D eigenvalue weighted by atomic mass is 10.2. The van der Waals surface area contributed by atoms with Gasteiger partial charge < -0.3 is 14.8 Å². The van der Waals surface area contributed by atoms with E-state index in [1.54, 1.807) is 18.3 Å². The van der Waals surface area contributed by atoms with Gasteiger partial charge in [0.15, 0.2) is 0 Å². The third kappa shape index (κ3) is 2.84. The Labute approximate surface area is 93.9 Å². The Morgan fingerprint density at radius 2 is 2.25 bits per heavy atom. The van der Waals surface area contributed by atoms with Crippen LogP contribution in [0.3, 0.4) is 0 Å². The van der Waals surface area contributed by atoms with Gasteiger partial charge in [-0.3, -0.25) is 0 Å². The van der Waals surface area contributed by atoms with Crippen LogP contribution in [0.1, 0.15) is 17.2 Å². The third-order valence-corrected chi connectivity index (χ3v) is 2.19. The van der Waals surface area contributed by atoms with E-state index < -0.39 is 0 Å². The zero-order valence-electron chi connectivity index (χ0n) is 9.10. The lowest BCUT2D eigenvalue weighted by Gasteiger charge is -2.02. The number of aromatic hydroxyl groups is 1. The molecule has 84 valence electrons. The van der Waals surface area contributed by atoms with E-state index in [4.69, 9.17) is 4.42 Å². The maximum atomic E-state index is 9.27. The molecule has 2 rings (SSSR count). The van der Waals surface area contributed by atoms with Gasteiger partial charge >= 0.3 is 0 Å². The molecule has 4 heteroatoms. The third-order valence-electron chi connectivity index (χ3n) is 2.19. The van der Waals surface area contributed by atoms with Gasteiger partial charge in [0.05, 0.1) is 12.7 Å². The minimum Gasteiger partial charge on any atom is -0.508 e. The van der Waals surface area contributed by atoms with Gasteiger partial charge in [0.1, 0.15) is 11.5 Å². The molecule has 1 aromatic carbocycles. The molecule has 0 saturated heterocycles. The van der Waals surface area contributed by atoms with E-state index in [2.05, 4.69) is 10.3 Å². The van der Waals surface area contributed by atoms with Crippen molar-refractivity contribution >= 4 is 0 Å². The van der Waals surface area contributed by atoms with Crippen molar-refractivity contribution in [2.24, 2.45) is 0 Å². The fourth-order valence-electron chi connectivity index (χ4n) is 1.46. The van der Waals surface area contributed by atoms with Gasteiger partial charge in [-0.1, -0.05) is 12.1 Å². The molecule has 0 saturated carbocycles. The fraction of sp³-hybridized carbons (Fsp3) is 0.250. The van der Waals surface area contributed by atoms with E-state index in [0.29, 0.717) is 19.0 Å². The number of aryl methyl sites for hydroxylation is 1. The molecule has 0 aliphatic heterocycles. The predicted octanol–water partition coefficient (Wildman–Crippen LogP) is 1.98. The number of nitrogens with one attached hydrogen (secondary N) is 1. The van der Waals surface area contributed by atoms with Gasteiger partial charge in [0.2, 0.25) is 5.89 Å². The van der Waals surface area contributed by atoms with Crippen LogP contribution in [0.5, 0.6) is 5.75 Å². The van der Waals surface area contributed by atoms with E-state index in [1.165, 1.54) is 0 Å².